The van der Waals surface area contributed by atoms with Crippen molar-refractivity contribution >= 4 is 33.3 Å². The number of ether oxygens (including phenoxy) is 2. The molecule has 0 aliphatic heterocycles. The van der Waals surface area contributed by atoms with Crippen LogP contribution in [0.2, 0.25) is 0 Å². The van der Waals surface area contributed by atoms with Crippen LogP contribution in [0.4, 0.5) is 24.9 Å². The monoisotopic (exact) mass is 604 g/mol. The molecule has 1 saturated carbocycles. The highest BCUT2D eigenvalue weighted by atomic mass is 32.1. The van der Waals surface area contributed by atoms with Crippen molar-refractivity contribution in [2.24, 2.45) is 5.92 Å². The molecule has 5 atom stereocenters. The Labute approximate surface area is 244 Å². The van der Waals surface area contributed by atoms with Crippen LogP contribution in [0.3, 0.4) is 0 Å². The molecule has 5 rings (SSSR count). The summed E-state index contributed by atoms with van der Waals surface area (Å²) in [6.45, 7) is 5.42. The molecule has 0 bridgehead atoms. The van der Waals surface area contributed by atoms with E-state index >= 15 is 0 Å². The zero-order valence-corrected chi connectivity index (χ0v) is 24.1. The molecule has 0 amide bonds. The Kier molecular flexibility index (Phi) is 8.51. The van der Waals surface area contributed by atoms with Crippen LogP contribution < -0.4 is 15.4 Å². The highest BCUT2D eigenvalue weighted by Crippen LogP contribution is 2.39. The second-order valence-electron chi connectivity index (χ2n) is 10.2. The number of alkyl halides is 3. The Morgan fingerprint density at radius 2 is 1.83 bits per heavy atom. The number of rotatable bonds is 9. The van der Waals surface area contributed by atoms with Crippen LogP contribution in [-0.4, -0.2) is 68.5 Å². The number of aliphatic hydroxyl groups is 2. The summed E-state index contributed by atoms with van der Waals surface area (Å²) in [6, 6.07) is 6.62. The van der Waals surface area contributed by atoms with E-state index in [9.17, 15) is 23.4 Å². The largest absolute Gasteiger partial charge is 0.573 e. The van der Waals surface area contributed by atoms with Gasteiger partial charge >= 0.3 is 6.36 Å². The molecule has 4 N–H and O–H groups in total. The van der Waals surface area contributed by atoms with Gasteiger partial charge in [0.1, 0.15) is 28.2 Å². The summed E-state index contributed by atoms with van der Waals surface area (Å²) >= 11 is 1.47. The normalized spacial score (nSPS) is 21.5. The van der Waals surface area contributed by atoms with Crippen LogP contribution in [0.15, 0.2) is 36.5 Å². The van der Waals surface area contributed by atoms with Crippen LogP contribution in [0.5, 0.6) is 5.75 Å². The molecular weight excluding hydrogens is 573 g/mol. The lowest BCUT2D eigenvalue weighted by Crippen LogP contribution is -2.37. The Hall–Kier alpha value is -3.59. The molecule has 42 heavy (non-hydrogen) atoms. The summed E-state index contributed by atoms with van der Waals surface area (Å²) in [5, 5.41) is 28.1. The number of nitrogens with zero attached hydrogens (tertiary/aromatic N) is 4. The van der Waals surface area contributed by atoms with E-state index in [-0.39, 0.29) is 30.3 Å². The minimum Gasteiger partial charge on any atom is -0.406 e. The van der Waals surface area contributed by atoms with Crippen molar-refractivity contribution in [3.63, 3.8) is 0 Å². The summed E-state index contributed by atoms with van der Waals surface area (Å²) in [5.41, 5.74) is 3.55. The van der Waals surface area contributed by atoms with Crippen LogP contribution in [0, 0.1) is 19.8 Å². The fourth-order valence-electron chi connectivity index (χ4n) is 5.26. The average Bonchev–Trinajstić information content (AvgIpc) is 3.49. The van der Waals surface area contributed by atoms with E-state index in [0.717, 1.165) is 15.9 Å². The number of halogens is 3. The fourth-order valence-corrected chi connectivity index (χ4v) is 6.37. The van der Waals surface area contributed by atoms with E-state index in [4.69, 9.17) is 14.7 Å². The number of aliphatic hydroxyl groups excluding tert-OH is 2. The molecule has 3 heterocycles. The molecule has 0 saturated heterocycles. The van der Waals surface area contributed by atoms with Crippen LogP contribution >= 0.6 is 11.3 Å². The summed E-state index contributed by atoms with van der Waals surface area (Å²) in [5.74, 6) is 0.142. The smallest absolute Gasteiger partial charge is 0.406 e. The van der Waals surface area contributed by atoms with E-state index in [1.165, 1.54) is 42.7 Å². The van der Waals surface area contributed by atoms with Crippen molar-refractivity contribution in [1.29, 1.82) is 0 Å². The van der Waals surface area contributed by atoms with Gasteiger partial charge in [0.2, 0.25) is 5.95 Å². The maximum absolute atomic E-state index is 12.6. The minimum absolute atomic E-state index is 0.134. The zero-order valence-electron chi connectivity index (χ0n) is 23.3. The van der Waals surface area contributed by atoms with Gasteiger partial charge in [-0.2, -0.15) is 4.98 Å². The summed E-state index contributed by atoms with van der Waals surface area (Å²) < 4.78 is 48.0. The molecule has 10 nitrogen and oxygen atoms in total. The second-order valence-corrected chi connectivity index (χ2v) is 11.3. The van der Waals surface area contributed by atoms with Gasteiger partial charge < -0.3 is 30.3 Å². The number of fused-ring (bicyclic) bond motifs is 1. The zero-order chi connectivity index (χ0) is 30.2. The van der Waals surface area contributed by atoms with Crippen LogP contribution in [0.1, 0.15) is 36.3 Å². The first-order valence-corrected chi connectivity index (χ1v) is 14.1. The second kappa shape index (κ2) is 12.0. The van der Waals surface area contributed by atoms with Gasteiger partial charge in [-0.05, 0) is 51.0 Å². The summed E-state index contributed by atoms with van der Waals surface area (Å²) in [4.78, 5) is 18.6. The van der Waals surface area contributed by atoms with Crippen LogP contribution in [-0.2, 0) is 4.74 Å². The van der Waals surface area contributed by atoms with Gasteiger partial charge in [0.25, 0.3) is 0 Å². The average molecular weight is 605 g/mol. The Morgan fingerprint density at radius 1 is 1.10 bits per heavy atom. The van der Waals surface area contributed by atoms with Gasteiger partial charge in [0, 0.05) is 25.8 Å². The molecular formula is C28H31F3N6O4S. The molecule has 3 aromatic heterocycles. The first-order valence-electron chi connectivity index (χ1n) is 13.3. The van der Waals surface area contributed by atoms with Crippen molar-refractivity contribution in [1.82, 2.24) is 19.9 Å². The van der Waals surface area contributed by atoms with Crippen molar-refractivity contribution in [2.75, 3.05) is 24.4 Å². The molecule has 1 aromatic carbocycles. The first-order chi connectivity index (χ1) is 20.0. The number of aryl methyl sites for hydroxylation is 2. The van der Waals surface area contributed by atoms with Gasteiger partial charge in [-0.15, -0.1) is 24.5 Å². The molecule has 1 fully saturated rings. The molecule has 224 valence electrons. The Balaban J connectivity index is 1.48. The fraction of sp³-hybridized carbons (Fsp3) is 0.429. The third kappa shape index (κ3) is 6.26. The maximum atomic E-state index is 12.6. The standard InChI is InChI=1S/C28H31F3N6O4S/c1-13(16-5-7-18(8-6-16)41-28(29,30)31)33-27-34-14(2)21(26-36-22-15(3)32-10-9-20(22)42-26)25(37-27)35-19-11-17(12-38)24(40-4)23(19)39/h5-10,13,17,19,23-24,38-39H,11-12H2,1-4H3,(H2,33,34,35,37)/t13-,17-,19-,23+,24-/m1/s1. The number of thiazole rings is 1. The SMILES string of the molecule is CO[C@@H]1[C@@H](CO)C[C@@H](Nc2nc(N[C@H](C)c3ccc(OC(F)(F)F)cc3)nc(C)c2-c2nc3c(C)nccc3s2)[C@@H]1O. The Morgan fingerprint density at radius 3 is 2.45 bits per heavy atom. The maximum Gasteiger partial charge on any atom is 0.573 e. The number of methoxy groups -OCH3 is 1. The van der Waals surface area contributed by atoms with E-state index in [1.807, 2.05) is 26.8 Å². The molecule has 1 aliphatic carbocycles. The summed E-state index contributed by atoms with van der Waals surface area (Å²) in [7, 11) is 1.50. The van der Waals surface area contributed by atoms with Crippen molar-refractivity contribution in [3.8, 4) is 16.3 Å². The molecule has 0 radical (unpaired) electrons. The predicted octanol–water partition coefficient (Wildman–Crippen LogP) is 5.01. The lowest BCUT2D eigenvalue weighted by Gasteiger charge is -2.23. The van der Waals surface area contributed by atoms with Crippen molar-refractivity contribution in [3.05, 3.63) is 53.5 Å². The van der Waals surface area contributed by atoms with Crippen molar-refractivity contribution < 1.29 is 32.9 Å². The third-order valence-corrected chi connectivity index (χ3v) is 8.39. The number of hydrogen-bond acceptors (Lipinski definition) is 11. The number of hydrogen-bond donors (Lipinski definition) is 4. The van der Waals surface area contributed by atoms with Gasteiger partial charge in [0.05, 0.1) is 39.8 Å². The van der Waals surface area contributed by atoms with Gasteiger partial charge in [-0.1, -0.05) is 12.1 Å². The highest BCUT2D eigenvalue weighted by Gasteiger charge is 2.43. The number of aromatic nitrogens is 4. The molecule has 14 heteroatoms. The first kappa shape index (κ1) is 29.9. The lowest BCUT2D eigenvalue weighted by molar-refractivity contribution is -0.274. The molecule has 1 aliphatic rings. The van der Waals surface area contributed by atoms with E-state index in [2.05, 4.69) is 25.3 Å². The lowest BCUT2D eigenvalue weighted by atomic mass is 10.1. The number of nitrogens with one attached hydrogen (secondary N) is 2. The summed E-state index contributed by atoms with van der Waals surface area (Å²) in [6.07, 6.45) is -4.03. The topological polar surface area (TPSA) is 135 Å². The van der Waals surface area contributed by atoms with Gasteiger partial charge in [0.15, 0.2) is 0 Å². The molecule has 0 unspecified atom stereocenters. The van der Waals surface area contributed by atoms with Crippen molar-refractivity contribution in [2.45, 2.75) is 57.8 Å². The number of anilines is 2. The molecule has 0 spiro atoms. The van der Waals surface area contributed by atoms with E-state index in [0.29, 0.717) is 34.1 Å². The quantitative estimate of drug-likeness (QED) is 0.207. The van der Waals surface area contributed by atoms with Gasteiger partial charge in [-0.3, -0.25) is 4.98 Å². The third-order valence-electron chi connectivity index (χ3n) is 7.35. The van der Waals surface area contributed by atoms with E-state index < -0.39 is 24.6 Å². The van der Waals surface area contributed by atoms with E-state index in [1.54, 1.807) is 6.20 Å². The minimum atomic E-state index is -4.77. The predicted molar refractivity (Wildman–Crippen MR) is 152 cm³/mol. The Bertz CT molecular complexity index is 1550. The number of benzene rings is 1. The number of pyridine rings is 1. The highest BCUT2D eigenvalue weighted by molar-refractivity contribution is 7.21. The molecule has 4 aromatic rings. The van der Waals surface area contributed by atoms with Crippen LogP contribution in [0.25, 0.3) is 20.8 Å². The van der Waals surface area contributed by atoms with Gasteiger partial charge in [-0.25, -0.2) is 9.97 Å².